The van der Waals surface area contributed by atoms with Crippen LogP contribution in [0.1, 0.15) is 56.8 Å². The van der Waals surface area contributed by atoms with E-state index in [1.165, 1.54) is 16.2 Å². The minimum atomic E-state index is -0.913. The zero-order chi connectivity index (χ0) is 30.2. The fourth-order valence-electron chi connectivity index (χ4n) is 5.51. The molecule has 3 heterocycles. The first-order valence-electron chi connectivity index (χ1n) is 14.6. The van der Waals surface area contributed by atoms with Crippen LogP contribution in [0.4, 0.5) is 5.13 Å². The Morgan fingerprint density at radius 2 is 1.91 bits per heavy atom. The average Bonchev–Trinajstić information content (AvgIpc) is 3.64. The number of amides is 1. The quantitative estimate of drug-likeness (QED) is 0.125. The van der Waals surface area contributed by atoms with Crippen molar-refractivity contribution < 1.29 is 28.9 Å². The average molecular weight is 599 g/mol. The summed E-state index contributed by atoms with van der Waals surface area (Å²) in [6.07, 6.45) is 1.61. The summed E-state index contributed by atoms with van der Waals surface area (Å²) in [5.74, 6) is 0.807. The van der Waals surface area contributed by atoms with Crippen molar-refractivity contribution in [2.24, 2.45) is 5.92 Å². The molecule has 9 heteroatoms. The summed E-state index contributed by atoms with van der Waals surface area (Å²) in [4.78, 5) is 33.6. The van der Waals surface area contributed by atoms with Gasteiger partial charge in [0.15, 0.2) is 5.13 Å². The lowest BCUT2D eigenvalue weighted by Gasteiger charge is -2.23. The van der Waals surface area contributed by atoms with Crippen LogP contribution in [0.15, 0.2) is 66.2 Å². The normalized spacial score (nSPS) is 19.2. The largest absolute Gasteiger partial charge is 0.507 e. The lowest BCUT2D eigenvalue weighted by molar-refractivity contribution is -0.132. The number of aliphatic hydroxyl groups is 1. The predicted molar refractivity (Wildman–Crippen MR) is 167 cm³/mol. The van der Waals surface area contributed by atoms with Crippen LogP contribution in [0.2, 0.25) is 0 Å². The summed E-state index contributed by atoms with van der Waals surface area (Å²) >= 11 is 1.30. The Bertz CT molecular complexity index is 1740. The van der Waals surface area contributed by atoms with Crippen molar-refractivity contribution in [1.29, 1.82) is 0 Å². The van der Waals surface area contributed by atoms with Crippen molar-refractivity contribution in [1.82, 2.24) is 4.98 Å². The Labute approximate surface area is 254 Å². The molecule has 1 saturated heterocycles. The Hall–Kier alpha value is -4.37. The number of nitrogens with zero attached hydrogens (tertiary/aromatic N) is 2. The third kappa shape index (κ3) is 5.57. The maximum absolute atomic E-state index is 13.8. The van der Waals surface area contributed by atoms with Crippen LogP contribution in [0.5, 0.6) is 17.2 Å². The number of ketones is 1. The number of ether oxygens (including phenoxy) is 3. The molecule has 0 bridgehead atoms. The molecule has 4 aromatic rings. The molecular weight excluding hydrogens is 564 g/mol. The topological polar surface area (TPSA) is 98.2 Å². The van der Waals surface area contributed by atoms with Gasteiger partial charge in [-0.25, -0.2) is 4.98 Å². The van der Waals surface area contributed by atoms with Gasteiger partial charge >= 0.3 is 5.91 Å². The number of aliphatic hydroxyl groups excluding tert-OH is 1. The van der Waals surface area contributed by atoms with E-state index < -0.39 is 17.7 Å². The third-order valence-corrected chi connectivity index (χ3v) is 8.63. The number of aromatic nitrogens is 1. The first-order chi connectivity index (χ1) is 20.7. The van der Waals surface area contributed by atoms with Gasteiger partial charge in [-0.05, 0) is 85.8 Å². The first kappa shape index (κ1) is 28.7. The number of hydrogen-bond donors (Lipinski definition) is 1. The minimum Gasteiger partial charge on any atom is -0.507 e. The second kappa shape index (κ2) is 11.7. The third-order valence-electron chi connectivity index (χ3n) is 7.62. The van der Waals surface area contributed by atoms with E-state index in [9.17, 15) is 14.7 Å². The number of rotatable bonds is 9. The summed E-state index contributed by atoms with van der Waals surface area (Å²) in [5.41, 5.74) is 2.72. The number of Topliss-reactive ketones (excluding diaryl/α,β-unsaturated/α-hetero) is 1. The van der Waals surface area contributed by atoms with Crippen LogP contribution in [0.25, 0.3) is 16.0 Å². The summed E-state index contributed by atoms with van der Waals surface area (Å²) in [6, 6.07) is 17.3. The van der Waals surface area contributed by atoms with E-state index >= 15 is 0 Å². The predicted octanol–water partition coefficient (Wildman–Crippen LogP) is 7.07. The number of benzene rings is 3. The highest BCUT2D eigenvalue weighted by atomic mass is 32.1. The van der Waals surface area contributed by atoms with Crippen LogP contribution < -0.4 is 19.1 Å². The highest BCUT2D eigenvalue weighted by Gasteiger charge is 2.48. The van der Waals surface area contributed by atoms with Crippen molar-refractivity contribution in [3.8, 4) is 17.2 Å². The standard InChI is InChI=1S/C34H34N2O6S/c1-5-40-25-10-11-26-28(18-25)43-34(35-26)36-30(21-7-6-8-24(17-21)41-14-13-19(2)3)29(32(38)33(36)39)31(37)22-9-12-27-23(16-22)15-20(4)42-27/h6-12,16-20,30,37H,5,13-15H2,1-4H3/t20-,30+/m0/s1. The van der Waals surface area contributed by atoms with Crippen molar-refractivity contribution in [2.75, 3.05) is 18.1 Å². The summed E-state index contributed by atoms with van der Waals surface area (Å²) < 4.78 is 18.3. The van der Waals surface area contributed by atoms with E-state index in [-0.39, 0.29) is 17.4 Å². The van der Waals surface area contributed by atoms with E-state index in [0.29, 0.717) is 58.8 Å². The Balaban J connectivity index is 1.47. The van der Waals surface area contributed by atoms with Crippen LogP contribution in [-0.4, -0.2) is 41.1 Å². The Morgan fingerprint density at radius 1 is 1.09 bits per heavy atom. The molecule has 3 aromatic carbocycles. The molecule has 0 aliphatic carbocycles. The summed E-state index contributed by atoms with van der Waals surface area (Å²) in [6.45, 7) is 9.22. The number of fused-ring (bicyclic) bond motifs is 2. The molecule has 222 valence electrons. The van der Waals surface area contributed by atoms with Gasteiger partial charge in [0.1, 0.15) is 29.1 Å². The van der Waals surface area contributed by atoms with Crippen LogP contribution >= 0.6 is 11.3 Å². The van der Waals surface area contributed by atoms with Crippen molar-refractivity contribution in [3.05, 3.63) is 82.9 Å². The minimum absolute atomic E-state index is 0.00510. The van der Waals surface area contributed by atoms with Gasteiger partial charge in [-0.15, -0.1) is 0 Å². The molecule has 2 aliphatic heterocycles. The zero-order valence-corrected chi connectivity index (χ0v) is 25.4. The molecule has 2 aliphatic rings. The van der Waals surface area contributed by atoms with E-state index in [1.807, 2.05) is 62.4 Å². The molecule has 1 amide bonds. The fraction of sp³-hybridized carbons (Fsp3) is 0.324. The Morgan fingerprint density at radius 3 is 2.70 bits per heavy atom. The molecule has 0 radical (unpaired) electrons. The smallest absolute Gasteiger partial charge is 0.301 e. The molecule has 1 N–H and O–H groups in total. The highest BCUT2D eigenvalue weighted by Crippen LogP contribution is 2.45. The van der Waals surface area contributed by atoms with Gasteiger partial charge < -0.3 is 19.3 Å². The number of anilines is 1. The maximum Gasteiger partial charge on any atom is 0.301 e. The van der Waals surface area contributed by atoms with Gasteiger partial charge in [0, 0.05) is 12.0 Å². The SMILES string of the molecule is CCOc1ccc2nc(N3C(=O)C(=O)C(=C(O)c4ccc5c(c4)C[C@H](C)O5)[C@H]3c3cccc(OCCC(C)C)c3)sc2c1. The van der Waals surface area contributed by atoms with Crippen LogP contribution in [-0.2, 0) is 16.0 Å². The summed E-state index contributed by atoms with van der Waals surface area (Å²) in [5, 5.41) is 12.0. The monoisotopic (exact) mass is 598 g/mol. The number of carbonyl (C=O) groups is 2. The van der Waals surface area contributed by atoms with E-state index in [4.69, 9.17) is 19.2 Å². The van der Waals surface area contributed by atoms with Gasteiger partial charge in [0.05, 0.1) is 35.0 Å². The second-order valence-electron chi connectivity index (χ2n) is 11.3. The molecule has 2 atom stereocenters. The lowest BCUT2D eigenvalue weighted by Crippen LogP contribution is -2.29. The van der Waals surface area contributed by atoms with Crippen LogP contribution in [0.3, 0.4) is 0 Å². The molecule has 6 rings (SSSR count). The number of thiazole rings is 1. The molecule has 0 unspecified atom stereocenters. The first-order valence-corrected chi connectivity index (χ1v) is 15.4. The maximum atomic E-state index is 13.8. The highest BCUT2D eigenvalue weighted by molar-refractivity contribution is 7.22. The zero-order valence-electron chi connectivity index (χ0n) is 24.6. The molecule has 8 nitrogen and oxygen atoms in total. The molecule has 43 heavy (non-hydrogen) atoms. The lowest BCUT2D eigenvalue weighted by atomic mass is 9.94. The van der Waals surface area contributed by atoms with Crippen molar-refractivity contribution in [2.45, 2.75) is 52.7 Å². The van der Waals surface area contributed by atoms with E-state index in [2.05, 4.69) is 13.8 Å². The Kier molecular flexibility index (Phi) is 7.83. The van der Waals surface area contributed by atoms with Gasteiger partial charge in [0.2, 0.25) is 0 Å². The number of carbonyl (C=O) groups excluding carboxylic acids is 2. The van der Waals surface area contributed by atoms with Gasteiger partial charge in [-0.1, -0.05) is 37.3 Å². The summed E-state index contributed by atoms with van der Waals surface area (Å²) in [7, 11) is 0. The van der Waals surface area contributed by atoms with Gasteiger partial charge in [-0.2, -0.15) is 0 Å². The molecule has 1 fully saturated rings. The van der Waals surface area contributed by atoms with Crippen LogP contribution in [0, 0.1) is 5.92 Å². The molecular formula is C34H34N2O6S. The number of hydrogen-bond acceptors (Lipinski definition) is 8. The van der Waals surface area contributed by atoms with E-state index in [1.54, 1.807) is 12.1 Å². The molecule has 1 aromatic heterocycles. The molecule has 0 spiro atoms. The van der Waals surface area contributed by atoms with E-state index in [0.717, 1.165) is 22.4 Å². The second-order valence-corrected chi connectivity index (χ2v) is 12.3. The van der Waals surface area contributed by atoms with Crippen molar-refractivity contribution >= 4 is 44.1 Å². The fourth-order valence-corrected chi connectivity index (χ4v) is 6.53. The van der Waals surface area contributed by atoms with Crippen molar-refractivity contribution in [3.63, 3.8) is 0 Å². The van der Waals surface area contributed by atoms with Gasteiger partial charge in [0.25, 0.3) is 5.78 Å². The molecule has 0 saturated carbocycles. The van der Waals surface area contributed by atoms with Gasteiger partial charge in [-0.3, -0.25) is 14.5 Å².